The summed E-state index contributed by atoms with van der Waals surface area (Å²) in [5.74, 6) is -5.13. The van der Waals surface area contributed by atoms with E-state index in [1.165, 1.54) is 0 Å². The molecule has 0 unspecified atom stereocenters. The van der Waals surface area contributed by atoms with Gasteiger partial charge in [0.05, 0.1) is 5.69 Å². The molecule has 2 aromatic rings. The quantitative estimate of drug-likeness (QED) is 0.773. The number of hydrogen-bond donors (Lipinski definition) is 1. The molecule has 0 radical (unpaired) electrons. The predicted octanol–water partition coefficient (Wildman–Crippen LogP) is 4.74. The molecule has 0 heterocycles. The minimum Gasteiger partial charge on any atom is -0.321 e. The molecule has 0 saturated carbocycles. The molecule has 0 saturated heterocycles. The molecule has 0 bridgehead atoms. The summed E-state index contributed by atoms with van der Waals surface area (Å²) in [5.41, 5.74) is 1.99. The van der Waals surface area contributed by atoms with Crippen molar-refractivity contribution in [1.82, 2.24) is 0 Å². The number of hydrogen-bond acceptors (Lipinski definition) is 1. The summed E-state index contributed by atoms with van der Waals surface area (Å²) >= 11 is 3.32. The Balaban J connectivity index is 2.35. The van der Waals surface area contributed by atoms with Gasteiger partial charge in [0, 0.05) is 10.0 Å². The topological polar surface area (TPSA) is 29.1 Å². The second-order valence-corrected chi connectivity index (χ2v) is 5.50. The van der Waals surface area contributed by atoms with Crippen LogP contribution >= 0.6 is 15.9 Å². The van der Waals surface area contributed by atoms with Gasteiger partial charge in [0.15, 0.2) is 17.5 Å². The number of anilines is 1. The third-order valence-electron chi connectivity index (χ3n) is 2.92. The Morgan fingerprint density at radius 2 is 1.62 bits per heavy atom. The molecular weight excluding hydrogens is 347 g/mol. The van der Waals surface area contributed by atoms with Crippen LogP contribution < -0.4 is 5.32 Å². The van der Waals surface area contributed by atoms with Crippen LogP contribution in [0.4, 0.5) is 18.9 Å². The monoisotopic (exact) mass is 357 g/mol. The molecule has 1 N–H and O–H groups in total. The van der Waals surface area contributed by atoms with Crippen molar-refractivity contribution in [3.63, 3.8) is 0 Å². The zero-order valence-electron chi connectivity index (χ0n) is 11.2. The molecule has 0 aromatic heterocycles. The van der Waals surface area contributed by atoms with E-state index in [9.17, 15) is 18.0 Å². The number of aryl methyl sites for hydroxylation is 2. The minimum absolute atomic E-state index is 0.293. The molecule has 0 atom stereocenters. The van der Waals surface area contributed by atoms with E-state index in [-0.39, 0.29) is 5.56 Å². The van der Waals surface area contributed by atoms with Crippen LogP contribution in [0, 0.1) is 31.3 Å². The largest absolute Gasteiger partial charge is 0.321 e. The molecule has 0 aliphatic carbocycles. The molecular formula is C15H11BrF3NO. The first-order chi connectivity index (χ1) is 9.79. The van der Waals surface area contributed by atoms with Crippen LogP contribution in [0.3, 0.4) is 0 Å². The van der Waals surface area contributed by atoms with Crippen LogP contribution in [0.2, 0.25) is 0 Å². The van der Waals surface area contributed by atoms with Crippen molar-refractivity contribution in [2.75, 3.05) is 5.32 Å². The number of amides is 1. The standard InChI is InChI=1S/C15H11BrF3NO/c1-7-3-8(2)14(10(16)4-7)20-15(21)9-5-11(17)13(19)12(18)6-9/h3-6H,1-2H3,(H,20,21). The minimum atomic E-state index is -1.60. The number of rotatable bonds is 2. The van der Waals surface area contributed by atoms with Crippen molar-refractivity contribution >= 4 is 27.5 Å². The maximum absolute atomic E-state index is 13.1. The number of carbonyl (C=O) groups excluding carboxylic acids is 1. The van der Waals surface area contributed by atoms with Crippen molar-refractivity contribution < 1.29 is 18.0 Å². The van der Waals surface area contributed by atoms with Crippen LogP contribution in [-0.4, -0.2) is 5.91 Å². The fraction of sp³-hybridized carbons (Fsp3) is 0.133. The average Bonchev–Trinajstić information content (AvgIpc) is 2.39. The fourth-order valence-corrected chi connectivity index (χ4v) is 2.72. The summed E-state index contributed by atoms with van der Waals surface area (Å²) < 4.78 is 39.8. The highest BCUT2D eigenvalue weighted by atomic mass is 79.9. The lowest BCUT2D eigenvalue weighted by molar-refractivity contribution is 0.102. The third-order valence-corrected chi connectivity index (χ3v) is 3.54. The van der Waals surface area contributed by atoms with Gasteiger partial charge in [-0.2, -0.15) is 0 Å². The summed E-state index contributed by atoms with van der Waals surface area (Å²) in [6, 6.07) is 4.97. The zero-order chi connectivity index (χ0) is 15.7. The van der Waals surface area contributed by atoms with E-state index in [2.05, 4.69) is 21.2 Å². The molecule has 21 heavy (non-hydrogen) atoms. The van der Waals surface area contributed by atoms with E-state index in [4.69, 9.17) is 0 Å². The predicted molar refractivity (Wildman–Crippen MR) is 77.9 cm³/mol. The summed E-state index contributed by atoms with van der Waals surface area (Å²) in [6.07, 6.45) is 0. The van der Waals surface area contributed by atoms with Crippen molar-refractivity contribution in [3.05, 3.63) is 62.9 Å². The normalized spacial score (nSPS) is 10.6. The molecule has 0 spiro atoms. The van der Waals surface area contributed by atoms with Crippen LogP contribution in [0.25, 0.3) is 0 Å². The molecule has 110 valence electrons. The number of halogens is 4. The molecule has 0 aliphatic heterocycles. The summed E-state index contributed by atoms with van der Waals surface area (Å²) in [5, 5.41) is 2.55. The van der Waals surface area contributed by atoms with E-state index in [1.807, 2.05) is 13.0 Å². The molecule has 2 nitrogen and oxygen atoms in total. The Kier molecular flexibility index (Phi) is 4.37. The summed E-state index contributed by atoms with van der Waals surface area (Å²) in [4.78, 5) is 12.0. The molecule has 2 aromatic carbocycles. The lowest BCUT2D eigenvalue weighted by Crippen LogP contribution is -2.14. The molecule has 0 fully saturated rings. The number of carbonyl (C=O) groups is 1. The van der Waals surface area contributed by atoms with Gasteiger partial charge < -0.3 is 5.32 Å². The molecule has 2 rings (SSSR count). The van der Waals surface area contributed by atoms with Crippen molar-refractivity contribution in [2.24, 2.45) is 0 Å². The highest BCUT2D eigenvalue weighted by molar-refractivity contribution is 9.10. The summed E-state index contributed by atoms with van der Waals surface area (Å²) in [7, 11) is 0. The molecule has 6 heteroatoms. The maximum atomic E-state index is 13.1. The van der Waals surface area contributed by atoms with E-state index in [0.717, 1.165) is 11.1 Å². The molecule has 0 aliphatic rings. The zero-order valence-corrected chi connectivity index (χ0v) is 12.8. The third kappa shape index (κ3) is 3.26. The van der Waals surface area contributed by atoms with Crippen molar-refractivity contribution in [2.45, 2.75) is 13.8 Å². The second-order valence-electron chi connectivity index (χ2n) is 4.65. The van der Waals surface area contributed by atoms with Gasteiger partial charge in [0.2, 0.25) is 0 Å². The van der Waals surface area contributed by atoms with Gasteiger partial charge in [-0.1, -0.05) is 6.07 Å². The Morgan fingerprint density at radius 1 is 1.05 bits per heavy atom. The molecule has 1 amide bonds. The van der Waals surface area contributed by atoms with E-state index < -0.39 is 23.4 Å². The number of benzene rings is 2. The van der Waals surface area contributed by atoms with Crippen molar-refractivity contribution in [1.29, 1.82) is 0 Å². The van der Waals surface area contributed by atoms with E-state index >= 15 is 0 Å². The van der Waals surface area contributed by atoms with Crippen LogP contribution in [-0.2, 0) is 0 Å². The van der Waals surface area contributed by atoms with E-state index in [1.54, 1.807) is 13.0 Å². The highest BCUT2D eigenvalue weighted by Crippen LogP contribution is 2.28. The average molecular weight is 358 g/mol. The first-order valence-electron chi connectivity index (χ1n) is 6.02. The van der Waals surface area contributed by atoms with Gasteiger partial charge in [0.1, 0.15) is 0 Å². The van der Waals surface area contributed by atoms with E-state index in [0.29, 0.717) is 22.3 Å². The van der Waals surface area contributed by atoms with Crippen molar-refractivity contribution in [3.8, 4) is 0 Å². The van der Waals surface area contributed by atoms with Crippen LogP contribution in [0.15, 0.2) is 28.7 Å². The van der Waals surface area contributed by atoms with Gasteiger partial charge in [-0.25, -0.2) is 13.2 Å². The fourth-order valence-electron chi connectivity index (χ4n) is 1.95. The Labute approximate surface area is 128 Å². The van der Waals surface area contributed by atoms with Gasteiger partial charge >= 0.3 is 0 Å². The second kappa shape index (κ2) is 5.89. The first kappa shape index (κ1) is 15.6. The SMILES string of the molecule is Cc1cc(C)c(NC(=O)c2cc(F)c(F)c(F)c2)c(Br)c1. The van der Waals surface area contributed by atoms with Gasteiger partial charge in [-0.15, -0.1) is 0 Å². The van der Waals surface area contributed by atoms with Gasteiger partial charge in [-0.05, 0) is 59.1 Å². The Hall–Kier alpha value is -1.82. The van der Waals surface area contributed by atoms with Gasteiger partial charge in [-0.3, -0.25) is 4.79 Å². The smallest absolute Gasteiger partial charge is 0.255 e. The van der Waals surface area contributed by atoms with Gasteiger partial charge in [0.25, 0.3) is 5.91 Å². The Bertz CT molecular complexity index is 685. The lowest BCUT2D eigenvalue weighted by Gasteiger charge is -2.12. The first-order valence-corrected chi connectivity index (χ1v) is 6.81. The lowest BCUT2D eigenvalue weighted by atomic mass is 10.1. The maximum Gasteiger partial charge on any atom is 0.255 e. The number of nitrogens with one attached hydrogen (secondary N) is 1. The summed E-state index contributed by atoms with van der Waals surface area (Å²) in [6.45, 7) is 3.69. The van der Waals surface area contributed by atoms with Crippen LogP contribution in [0.1, 0.15) is 21.5 Å². The highest BCUT2D eigenvalue weighted by Gasteiger charge is 2.16. The van der Waals surface area contributed by atoms with Crippen LogP contribution in [0.5, 0.6) is 0 Å². The Morgan fingerprint density at radius 3 is 2.14 bits per heavy atom.